The molecule has 86 valence electrons. The Bertz CT molecular complexity index is 286. The Morgan fingerprint density at radius 3 is 2.87 bits per heavy atom. The first-order valence-electron chi connectivity index (χ1n) is 5.28. The zero-order valence-electron chi connectivity index (χ0n) is 9.68. The van der Waals surface area contributed by atoms with Gasteiger partial charge in [-0.3, -0.25) is 4.68 Å². The summed E-state index contributed by atoms with van der Waals surface area (Å²) in [5.74, 6) is 0.187. The van der Waals surface area contributed by atoms with Crippen LogP contribution in [0.3, 0.4) is 0 Å². The predicted octanol–water partition coefficient (Wildman–Crippen LogP) is 0.996. The van der Waals surface area contributed by atoms with Gasteiger partial charge in [0.1, 0.15) is 0 Å². The Hall–Kier alpha value is -0.870. The van der Waals surface area contributed by atoms with Crippen LogP contribution >= 0.6 is 0 Å². The van der Waals surface area contributed by atoms with E-state index in [0.717, 1.165) is 12.8 Å². The number of aliphatic hydroxyl groups excluding tert-OH is 1. The fraction of sp³-hybridized carbons (Fsp3) is 0.727. The van der Waals surface area contributed by atoms with Crippen molar-refractivity contribution in [3.05, 3.63) is 18.0 Å². The van der Waals surface area contributed by atoms with Gasteiger partial charge >= 0.3 is 0 Å². The lowest BCUT2D eigenvalue weighted by Gasteiger charge is -2.17. The Morgan fingerprint density at radius 1 is 1.60 bits per heavy atom. The zero-order valence-corrected chi connectivity index (χ0v) is 9.68. The molecule has 4 heteroatoms. The molecular formula is C11H20N2O2. The summed E-state index contributed by atoms with van der Waals surface area (Å²) in [6.45, 7) is 2.60. The molecule has 4 nitrogen and oxygen atoms in total. The monoisotopic (exact) mass is 212 g/mol. The third-order valence-corrected chi connectivity index (χ3v) is 2.57. The molecule has 0 amide bonds. The number of aryl methyl sites for hydroxylation is 2. The molecule has 0 fully saturated rings. The molecule has 0 saturated carbocycles. The number of aromatic nitrogens is 2. The van der Waals surface area contributed by atoms with E-state index >= 15 is 0 Å². The molecular weight excluding hydrogens is 192 g/mol. The van der Waals surface area contributed by atoms with Crippen molar-refractivity contribution in [1.82, 2.24) is 9.78 Å². The fourth-order valence-electron chi connectivity index (χ4n) is 1.57. The number of hydrogen-bond donors (Lipinski definition) is 1. The first-order chi connectivity index (χ1) is 7.13. The van der Waals surface area contributed by atoms with Gasteiger partial charge < -0.3 is 9.84 Å². The topological polar surface area (TPSA) is 47.3 Å². The molecule has 2 atom stereocenters. The second kappa shape index (κ2) is 5.88. The number of methoxy groups -OCH3 is 1. The van der Waals surface area contributed by atoms with Crippen LogP contribution in [0.15, 0.2) is 12.4 Å². The van der Waals surface area contributed by atoms with E-state index in [1.807, 2.05) is 26.4 Å². The van der Waals surface area contributed by atoms with Crippen LogP contribution in [0.25, 0.3) is 0 Å². The fourth-order valence-corrected chi connectivity index (χ4v) is 1.57. The van der Waals surface area contributed by atoms with Crippen molar-refractivity contribution in [1.29, 1.82) is 0 Å². The average Bonchev–Trinajstić information content (AvgIpc) is 2.61. The molecule has 0 saturated heterocycles. The standard InChI is InChI=1S/C11H20N2O2/c1-9(8-15-3)11(14)5-4-10-6-12-13(2)7-10/h6-7,9,11,14H,4-5,8H2,1-3H3. The maximum atomic E-state index is 9.81. The largest absolute Gasteiger partial charge is 0.393 e. The Balaban J connectivity index is 2.30. The van der Waals surface area contributed by atoms with Gasteiger partial charge in [0.05, 0.1) is 18.9 Å². The molecule has 0 aliphatic rings. The first kappa shape index (κ1) is 12.2. The molecule has 0 aromatic carbocycles. The van der Waals surface area contributed by atoms with Crippen molar-refractivity contribution in [2.24, 2.45) is 13.0 Å². The van der Waals surface area contributed by atoms with Gasteiger partial charge in [-0.05, 0) is 18.4 Å². The predicted molar refractivity (Wildman–Crippen MR) is 58.6 cm³/mol. The summed E-state index contributed by atoms with van der Waals surface area (Å²) in [6.07, 6.45) is 5.14. The van der Waals surface area contributed by atoms with Crippen molar-refractivity contribution in [3.8, 4) is 0 Å². The minimum absolute atomic E-state index is 0.187. The normalized spacial score (nSPS) is 15.2. The van der Waals surface area contributed by atoms with Crippen molar-refractivity contribution in [2.75, 3.05) is 13.7 Å². The summed E-state index contributed by atoms with van der Waals surface area (Å²) in [4.78, 5) is 0. The van der Waals surface area contributed by atoms with Gasteiger partial charge in [0.2, 0.25) is 0 Å². The molecule has 15 heavy (non-hydrogen) atoms. The lowest BCUT2D eigenvalue weighted by atomic mass is 10.00. The van der Waals surface area contributed by atoms with E-state index in [4.69, 9.17) is 4.74 Å². The van der Waals surface area contributed by atoms with E-state index < -0.39 is 0 Å². The Kier molecular flexibility index (Phi) is 4.78. The highest BCUT2D eigenvalue weighted by molar-refractivity contribution is 5.03. The van der Waals surface area contributed by atoms with Gasteiger partial charge in [-0.2, -0.15) is 5.10 Å². The maximum Gasteiger partial charge on any atom is 0.0590 e. The van der Waals surface area contributed by atoms with Gasteiger partial charge in [0.25, 0.3) is 0 Å². The van der Waals surface area contributed by atoms with Crippen LogP contribution in [0.4, 0.5) is 0 Å². The lowest BCUT2D eigenvalue weighted by molar-refractivity contribution is 0.0522. The molecule has 0 aliphatic heterocycles. The first-order valence-corrected chi connectivity index (χ1v) is 5.28. The van der Waals surface area contributed by atoms with Gasteiger partial charge in [0.15, 0.2) is 0 Å². The number of rotatable bonds is 6. The molecule has 0 radical (unpaired) electrons. The molecule has 1 aromatic heterocycles. The molecule has 1 aromatic rings. The van der Waals surface area contributed by atoms with E-state index in [0.29, 0.717) is 6.61 Å². The summed E-state index contributed by atoms with van der Waals surface area (Å²) in [6, 6.07) is 0. The summed E-state index contributed by atoms with van der Waals surface area (Å²) < 4.78 is 6.78. The van der Waals surface area contributed by atoms with Gasteiger partial charge in [-0.25, -0.2) is 0 Å². The van der Waals surface area contributed by atoms with Crippen molar-refractivity contribution in [3.63, 3.8) is 0 Å². The summed E-state index contributed by atoms with van der Waals surface area (Å²) in [5, 5.41) is 13.9. The van der Waals surface area contributed by atoms with E-state index in [1.165, 1.54) is 5.56 Å². The van der Waals surface area contributed by atoms with Crippen LogP contribution in [0.5, 0.6) is 0 Å². The van der Waals surface area contributed by atoms with E-state index in [9.17, 15) is 5.11 Å². The van der Waals surface area contributed by atoms with Crippen molar-refractivity contribution >= 4 is 0 Å². The van der Waals surface area contributed by atoms with Crippen LogP contribution in [-0.4, -0.2) is 34.7 Å². The molecule has 2 unspecified atom stereocenters. The van der Waals surface area contributed by atoms with Gasteiger partial charge in [-0.15, -0.1) is 0 Å². The summed E-state index contributed by atoms with van der Waals surface area (Å²) in [5.41, 5.74) is 1.17. The second-order valence-electron chi connectivity index (χ2n) is 4.06. The Labute approximate surface area is 90.9 Å². The van der Waals surface area contributed by atoms with Crippen molar-refractivity contribution in [2.45, 2.75) is 25.9 Å². The molecule has 1 N–H and O–H groups in total. The highest BCUT2D eigenvalue weighted by atomic mass is 16.5. The highest BCUT2D eigenvalue weighted by Gasteiger charge is 2.13. The summed E-state index contributed by atoms with van der Waals surface area (Å²) in [7, 11) is 3.55. The number of hydrogen-bond acceptors (Lipinski definition) is 3. The van der Waals surface area contributed by atoms with Crippen LogP contribution in [-0.2, 0) is 18.2 Å². The molecule has 0 aliphatic carbocycles. The van der Waals surface area contributed by atoms with Crippen LogP contribution < -0.4 is 0 Å². The number of nitrogens with zero attached hydrogens (tertiary/aromatic N) is 2. The highest BCUT2D eigenvalue weighted by Crippen LogP contribution is 2.11. The van der Waals surface area contributed by atoms with Crippen molar-refractivity contribution < 1.29 is 9.84 Å². The molecule has 1 rings (SSSR count). The lowest BCUT2D eigenvalue weighted by Crippen LogP contribution is -2.22. The van der Waals surface area contributed by atoms with E-state index in [-0.39, 0.29) is 12.0 Å². The van der Waals surface area contributed by atoms with Crippen LogP contribution in [0, 0.1) is 5.92 Å². The third kappa shape index (κ3) is 4.01. The van der Waals surface area contributed by atoms with Gasteiger partial charge in [-0.1, -0.05) is 6.92 Å². The van der Waals surface area contributed by atoms with Gasteiger partial charge in [0, 0.05) is 26.3 Å². The third-order valence-electron chi connectivity index (χ3n) is 2.57. The minimum Gasteiger partial charge on any atom is -0.393 e. The quantitative estimate of drug-likeness (QED) is 0.765. The smallest absolute Gasteiger partial charge is 0.0590 e. The Morgan fingerprint density at radius 2 is 2.33 bits per heavy atom. The van der Waals surface area contributed by atoms with E-state index in [2.05, 4.69) is 5.10 Å². The van der Waals surface area contributed by atoms with Crippen LogP contribution in [0.2, 0.25) is 0 Å². The number of aliphatic hydroxyl groups is 1. The SMILES string of the molecule is COCC(C)C(O)CCc1cnn(C)c1. The molecule has 0 bridgehead atoms. The second-order valence-corrected chi connectivity index (χ2v) is 4.06. The van der Waals surface area contributed by atoms with Crippen LogP contribution in [0.1, 0.15) is 18.9 Å². The summed E-state index contributed by atoms with van der Waals surface area (Å²) >= 11 is 0. The molecule has 0 spiro atoms. The number of ether oxygens (including phenoxy) is 1. The molecule has 1 heterocycles. The average molecular weight is 212 g/mol. The zero-order chi connectivity index (χ0) is 11.3. The van der Waals surface area contributed by atoms with E-state index in [1.54, 1.807) is 11.8 Å². The minimum atomic E-state index is -0.301. The maximum absolute atomic E-state index is 9.81.